The number of benzene rings is 1. The van der Waals surface area contributed by atoms with Crippen molar-refractivity contribution in [1.82, 2.24) is 9.80 Å². The van der Waals surface area contributed by atoms with Gasteiger partial charge in [0.25, 0.3) is 0 Å². The molecule has 1 aliphatic rings. The van der Waals surface area contributed by atoms with Gasteiger partial charge in [0.05, 0.1) is 10.6 Å². The van der Waals surface area contributed by atoms with Crippen molar-refractivity contribution >= 4 is 33.7 Å². The smallest absolute Gasteiger partial charge is 0.223 e. The minimum atomic E-state index is -3.58. The van der Waals surface area contributed by atoms with Crippen molar-refractivity contribution < 1.29 is 22.8 Å². The number of nitrogens with zero attached hydrogens (tertiary/aromatic N) is 2. The molecule has 8 nitrogen and oxygen atoms in total. The molecule has 1 N–H and O–H groups in total. The van der Waals surface area contributed by atoms with Crippen molar-refractivity contribution in [3.63, 3.8) is 0 Å². The third-order valence-corrected chi connectivity index (χ3v) is 5.67. The fraction of sp³-hybridized carbons (Fsp3) is 0.438. The molecule has 1 fully saturated rings. The highest BCUT2D eigenvalue weighted by molar-refractivity contribution is 7.91. The molecule has 1 aromatic rings. The molecular formula is C16H21N3O5S. The second-order valence-electron chi connectivity index (χ2n) is 5.80. The van der Waals surface area contributed by atoms with Crippen LogP contribution < -0.4 is 5.32 Å². The van der Waals surface area contributed by atoms with Gasteiger partial charge in [-0.05, 0) is 24.3 Å². The molecule has 25 heavy (non-hydrogen) atoms. The first kappa shape index (κ1) is 18.9. The number of anilines is 1. The molecule has 0 unspecified atom stereocenters. The van der Waals surface area contributed by atoms with E-state index in [9.17, 15) is 22.8 Å². The summed E-state index contributed by atoms with van der Waals surface area (Å²) in [4.78, 5) is 37.0. The SMILES string of the molecule is CC(=O)Nc1ccc(S(=O)(=O)CCC(=O)N2CCN(C=O)CC2)cc1. The van der Waals surface area contributed by atoms with E-state index in [1.165, 1.54) is 31.2 Å². The van der Waals surface area contributed by atoms with Gasteiger partial charge in [0.1, 0.15) is 0 Å². The number of carbonyl (C=O) groups excluding carboxylic acids is 3. The molecule has 1 aromatic carbocycles. The number of amides is 3. The molecule has 0 saturated carbocycles. The first-order chi connectivity index (χ1) is 11.8. The molecule has 1 heterocycles. The Morgan fingerprint density at radius 3 is 2.24 bits per heavy atom. The van der Waals surface area contributed by atoms with Crippen LogP contribution in [0.15, 0.2) is 29.2 Å². The van der Waals surface area contributed by atoms with Crippen LogP contribution in [0.5, 0.6) is 0 Å². The number of hydrogen-bond donors (Lipinski definition) is 1. The summed E-state index contributed by atoms with van der Waals surface area (Å²) < 4.78 is 24.7. The van der Waals surface area contributed by atoms with Crippen LogP contribution in [-0.4, -0.2) is 68.4 Å². The normalized spacial score (nSPS) is 14.9. The Hall–Kier alpha value is -2.42. The lowest BCUT2D eigenvalue weighted by molar-refractivity contribution is -0.134. The minimum absolute atomic E-state index is 0.100. The summed E-state index contributed by atoms with van der Waals surface area (Å²) in [6.07, 6.45) is 0.647. The van der Waals surface area contributed by atoms with Gasteiger partial charge in [-0.2, -0.15) is 0 Å². The second-order valence-corrected chi connectivity index (χ2v) is 7.91. The largest absolute Gasteiger partial charge is 0.342 e. The van der Waals surface area contributed by atoms with Crippen molar-refractivity contribution in [3.05, 3.63) is 24.3 Å². The quantitative estimate of drug-likeness (QED) is 0.719. The maximum Gasteiger partial charge on any atom is 0.223 e. The Labute approximate surface area is 146 Å². The predicted molar refractivity (Wildman–Crippen MR) is 91.6 cm³/mol. The fourth-order valence-corrected chi connectivity index (χ4v) is 3.75. The average Bonchev–Trinajstić information content (AvgIpc) is 2.60. The Morgan fingerprint density at radius 2 is 1.72 bits per heavy atom. The lowest BCUT2D eigenvalue weighted by Gasteiger charge is -2.32. The van der Waals surface area contributed by atoms with Gasteiger partial charge in [-0.3, -0.25) is 14.4 Å². The maximum absolute atomic E-state index is 12.3. The van der Waals surface area contributed by atoms with Gasteiger partial charge >= 0.3 is 0 Å². The molecule has 1 saturated heterocycles. The van der Waals surface area contributed by atoms with E-state index >= 15 is 0 Å². The van der Waals surface area contributed by atoms with Gasteiger partial charge in [0.15, 0.2) is 9.84 Å². The Balaban J connectivity index is 1.91. The predicted octanol–water partition coefficient (Wildman–Crippen LogP) is 0.109. The fourth-order valence-electron chi connectivity index (χ4n) is 2.52. The second kappa shape index (κ2) is 8.11. The molecule has 0 spiro atoms. The van der Waals surface area contributed by atoms with Crippen molar-refractivity contribution in [2.75, 3.05) is 37.2 Å². The molecule has 1 aliphatic heterocycles. The molecule has 2 rings (SSSR count). The molecule has 0 atom stereocenters. The highest BCUT2D eigenvalue weighted by Gasteiger charge is 2.23. The van der Waals surface area contributed by atoms with Crippen molar-refractivity contribution in [1.29, 1.82) is 0 Å². The first-order valence-electron chi connectivity index (χ1n) is 7.89. The van der Waals surface area contributed by atoms with Gasteiger partial charge in [0.2, 0.25) is 18.2 Å². The van der Waals surface area contributed by atoms with E-state index < -0.39 is 9.84 Å². The number of piperazine rings is 1. The molecule has 136 valence electrons. The van der Waals surface area contributed by atoms with Crippen LogP contribution >= 0.6 is 0 Å². The van der Waals surface area contributed by atoms with E-state index in [0.29, 0.717) is 31.9 Å². The zero-order valence-corrected chi connectivity index (χ0v) is 14.8. The zero-order valence-electron chi connectivity index (χ0n) is 14.0. The molecule has 0 aromatic heterocycles. The lowest BCUT2D eigenvalue weighted by Crippen LogP contribution is -2.48. The van der Waals surface area contributed by atoms with Crippen LogP contribution in [0.1, 0.15) is 13.3 Å². The number of rotatable bonds is 6. The highest BCUT2D eigenvalue weighted by Crippen LogP contribution is 2.16. The van der Waals surface area contributed by atoms with Gasteiger partial charge in [-0.15, -0.1) is 0 Å². The Kier molecular flexibility index (Phi) is 6.13. The maximum atomic E-state index is 12.3. The van der Waals surface area contributed by atoms with Crippen LogP contribution in [0.3, 0.4) is 0 Å². The van der Waals surface area contributed by atoms with E-state index in [4.69, 9.17) is 0 Å². The van der Waals surface area contributed by atoms with Gasteiger partial charge in [-0.1, -0.05) is 0 Å². The standard InChI is InChI=1S/C16H21N3O5S/c1-13(21)17-14-2-4-15(5-3-14)25(23,24)11-6-16(22)19-9-7-18(12-20)8-10-19/h2-5,12H,6-11H2,1H3,(H,17,21). The highest BCUT2D eigenvalue weighted by atomic mass is 32.2. The molecule has 0 aliphatic carbocycles. The van der Waals surface area contributed by atoms with E-state index in [-0.39, 0.29) is 28.9 Å². The van der Waals surface area contributed by atoms with Crippen molar-refractivity contribution in [2.24, 2.45) is 0 Å². The molecular weight excluding hydrogens is 346 g/mol. The molecule has 3 amide bonds. The summed E-state index contributed by atoms with van der Waals surface area (Å²) in [6, 6.07) is 5.84. The third kappa shape index (κ3) is 5.28. The van der Waals surface area contributed by atoms with Crippen LogP contribution in [-0.2, 0) is 24.2 Å². The topological polar surface area (TPSA) is 104 Å². The average molecular weight is 367 g/mol. The van der Waals surface area contributed by atoms with Crippen molar-refractivity contribution in [2.45, 2.75) is 18.2 Å². The van der Waals surface area contributed by atoms with Gasteiger partial charge in [-0.25, -0.2) is 8.42 Å². The Bertz CT molecular complexity index is 738. The Morgan fingerprint density at radius 1 is 1.12 bits per heavy atom. The first-order valence-corrected chi connectivity index (χ1v) is 9.54. The zero-order chi connectivity index (χ0) is 18.4. The third-order valence-electron chi connectivity index (χ3n) is 3.93. The number of nitrogens with one attached hydrogen (secondary N) is 1. The minimum Gasteiger partial charge on any atom is -0.342 e. The summed E-state index contributed by atoms with van der Waals surface area (Å²) in [5, 5.41) is 2.56. The molecule has 0 radical (unpaired) electrons. The van der Waals surface area contributed by atoms with Crippen LogP contribution in [0.2, 0.25) is 0 Å². The van der Waals surface area contributed by atoms with E-state index in [1.54, 1.807) is 9.80 Å². The summed E-state index contributed by atoms with van der Waals surface area (Å²) in [5.41, 5.74) is 0.510. The van der Waals surface area contributed by atoms with Crippen molar-refractivity contribution in [3.8, 4) is 0 Å². The van der Waals surface area contributed by atoms with Gasteiger partial charge < -0.3 is 15.1 Å². The van der Waals surface area contributed by atoms with Gasteiger partial charge in [0, 0.05) is 45.2 Å². The summed E-state index contributed by atoms with van der Waals surface area (Å²) in [7, 11) is -3.58. The number of hydrogen-bond acceptors (Lipinski definition) is 5. The molecule has 9 heteroatoms. The van der Waals surface area contributed by atoms with E-state index in [2.05, 4.69) is 5.32 Å². The van der Waals surface area contributed by atoms with E-state index in [0.717, 1.165) is 6.41 Å². The summed E-state index contributed by atoms with van der Waals surface area (Å²) in [6.45, 7) is 3.14. The molecule has 0 bridgehead atoms. The van der Waals surface area contributed by atoms with E-state index in [1.807, 2.05) is 0 Å². The summed E-state index contributed by atoms with van der Waals surface area (Å²) in [5.74, 6) is -0.751. The van der Waals surface area contributed by atoms with Crippen LogP contribution in [0.25, 0.3) is 0 Å². The monoisotopic (exact) mass is 367 g/mol. The van der Waals surface area contributed by atoms with Crippen LogP contribution in [0, 0.1) is 0 Å². The number of carbonyl (C=O) groups is 3. The number of sulfone groups is 1. The summed E-state index contributed by atoms with van der Waals surface area (Å²) >= 11 is 0. The van der Waals surface area contributed by atoms with Crippen LogP contribution in [0.4, 0.5) is 5.69 Å². The lowest BCUT2D eigenvalue weighted by atomic mass is 10.3.